The number of fused-ring (bicyclic) bond motifs is 3. The molecule has 1 fully saturated rings. The molecule has 3 atom stereocenters. The summed E-state index contributed by atoms with van der Waals surface area (Å²) in [7, 11) is 0. The van der Waals surface area contributed by atoms with Crippen LogP contribution in [0.5, 0.6) is 0 Å². The molecule has 1 amide bonds. The number of nitrogens with zero attached hydrogens (tertiary/aromatic N) is 1. The van der Waals surface area contributed by atoms with Gasteiger partial charge in [-0.3, -0.25) is 4.79 Å². The first-order valence-corrected chi connectivity index (χ1v) is 7.77. The molecule has 116 valence electrons. The van der Waals surface area contributed by atoms with Gasteiger partial charge >= 0.3 is 0 Å². The van der Waals surface area contributed by atoms with Crippen LogP contribution in [0.2, 0.25) is 0 Å². The van der Waals surface area contributed by atoms with Gasteiger partial charge in [0.15, 0.2) is 0 Å². The van der Waals surface area contributed by atoms with Crippen LogP contribution in [0.1, 0.15) is 22.7 Å². The van der Waals surface area contributed by atoms with Crippen LogP contribution < -0.4 is 0 Å². The van der Waals surface area contributed by atoms with E-state index in [4.69, 9.17) is 0 Å². The quantitative estimate of drug-likeness (QED) is 0.646. The number of aldehydes is 1. The average Bonchev–Trinajstić information content (AvgIpc) is 3.05. The van der Waals surface area contributed by atoms with E-state index in [1.807, 2.05) is 18.2 Å². The van der Waals surface area contributed by atoms with Gasteiger partial charge in [0.25, 0.3) is 0 Å². The Labute approximate surface area is 133 Å². The molecule has 2 aromatic rings. The summed E-state index contributed by atoms with van der Waals surface area (Å²) in [5, 5.41) is 0. The fourth-order valence-corrected chi connectivity index (χ4v) is 3.96. The lowest BCUT2D eigenvalue weighted by molar-refractivity contribution is -0.135. The fraction of sp³-hybridized carbons (Fsp3) is 0.263. The van der Waals surface area contributed by atoms with Crippen LogP contribution in [-0.2, 0) is 22.6 Å². The number of likely N-dealkylation sites (tertiary alicyclic amines) is 1. The van der Waals surface area contributed by atoms with Gasteiger partial charge in [-0.1, -0.05) is 36.4 Å². The van der Waals surface area contributed by atoms with Crippen molar-refractivity contribution >= 4 is 12.2 Å². The minimum Gasteiger partial charge on any atom is -0.330 e. The van der Waals surface area contributed by atoms with E-state index in [0.29, 0.717) is 6.54 Å². The number of amides is 1. The number of halogens is 1. The molecule has 0 aromatic heterocycles. The zero-order valence-electron chi connectivity index (χ0n) is 12.5. The van der Waals surface area contributed by atoms with Crippen LogP contribution in [0.3, 0.4) is 0 Å². The molecular formula is C19H16FNO2. The SMILES string of the molecule is O=CC1C(=O)N(Cc2ccc(F)cc2)C2c3ccccc3CC12. The van der Waals surface area contributed by atoms with Crippen LogP contribution in [0.25, 0.3) is 0 Å². The first kappa shape index (κ1) is 14.1. The molecule has 23 heavy (non-hydrogen) atoms. The van der Waals surface area contributed by atoms with Gasteiger partial charge in [0, 0.05) is 12.5 Å². The second-order valence-electron chi connectivity index (χ2n) is 6.27. The molecule has 1 aliphatic heterocycles. The van der Waals surface area contributed by atoms with E-state index in [0.717, 1.165) is 23.8 Å². The summed E-state index contributed by atoms with van der Waals surface area (Å²) in [5.74, 6) is -0.976. The third-order valence-corrected chi connectivity index (χ3v) is 5.01. The minimum absolute atomic E-state index is 0.0119. The van der Waals surface area contributed by atoms with E-state index in [1.165, 1.54) is 17.7 Å². The third kappa shape index (κ3) is 2.17. The Morgan fingerprint density at radius 3 is 2.61 bits per heavy atom. The van der Waals surface area contributed by atoms with Gasteiger partial charge in [-0.25, -0.2) is 4.39 Å². The molecule has 1 saturated heterocycles. The second-order valence-corrected chi connectivity index (χ2v) is 6.27. The van der Waals surface area contributed by atoms with Crippen molar-refractivity contribution in [3.8, 4) is 0 Å². The molecule has 0 N–H and O–H groups in total. The zero-order chi connectivity index (χ0) is 16.0. The molecule has 0 saturated carbocycles. The fourth-order valence-electron chi connectivity index (χ4n) is 3.96. The Kier molecular flexibility index (Phi) is 3.26. The van der Waals surface area contributed by atoms with Crippen LogP contribution in [0, 0.1) is 17.7 Å². The Hall–Kier alpha value is -2.49. The van der Waals surface area contributed by atoms with E-state index in [1.54, 1.807) is 17.0 Å². The molecule has 1 aliphatic carbocycles. The molecule has 0 spiro atoms. The van der Waals surface area contributed by atoms with E-state index < -0.39 is 5.92 Å². The van der Waals surface area contributed by atoms with Gasteiger partial charge < -0.3 is 9.69 Å². The lowest BCUT2D eigenvalue weighted by Gasteiger charge is -2.25. The maximum Gasteiger partial charge on any atom is 0.234 e. The van der Waals surface area contributed by atoms with Gasteiger partial charge in [-0.05, 0) is 35.2 Å². The number of rotatable bonds is 3. The minimum atomic E-state index is -0.576. The molecule has 0 bridgehead atoms. The van der Waals surface area contributed by atoms with Crippen LogP contribution in [-0.4, -0.2) is 17.1 Å². The van der Waals surface area contributed by atoms with Gasteiger partial charge in [0.1, 0.15) is 12.1 Å². The van der Waals surface area contributed by atoms with Crippen LogP contribution in [0.15, 0.2) is 48.5 Å². The molecule has 4 rings (SSSR count). The molecule has 3 nitrogen and oxygen atoms in total. The van der Waals surface area contributed by atoms with Crippen LogP contribution >= 0.6 is 0 Å². The first-order chi connectivity index (χ1) is 11.2. The molecule has 3 unspecified atom stereocenters. The summed E-state index contributed by atoms with van der Waals surface area (Å²) in [4.78, 5) is 25.9. The highest BCUT2D eigenvalue weighted by molar-refractivity contribution is 5.95. The highest BCUT2D eigenvalue weighted by atomic mass is 19.1. The Morgan fingerprint density at radius 1 is 1.13 bits per heavy atom. The summed E-state index contributed by atoms with van der Waals surface area (Å²) in [5.41, 5.74) is 3.22. The van der Waals surface area contributed by atoms with Gasteiger partial charge in [0.05, 0.1) is 12.0 Å². The van der Waals surface area contributed by atoms with Gasteiger partial charge in [-0.2, -0.15) is 0 Å². The molecule has 2 aromatic carbocycles. The maximum atomic E-state index is 13.1. The Morgan fingerprint density at radius 2 is 1.87 bits per heavy atom. The lowest BCUT2D eigenvalue weighted by atomic mass is 9.92. The number of carbonyl (C=O) groups excluding carboxylic acids is 2. The topological polar surface area (TPSA) is 37.4 Å². The van der Waals surface area contributed by atoms with Crippen molar-refractivity contribution in [2.24, 2.45) is 11.8 Å². The first-order valence-electron chi connectivity index (χ1n) is 7.77. The largest absolute Gasteiger partial charge is 0.330 e. The molecular weight excluding hydrogens is 293 g/mol. The Bertz CT molecular complexity index is 771. The second kappa shape index (κ2) is 5.30. The monoisotopic (exact) mass is 309 g/mol. The molecule has 1 heterocycles. The van der Waals surface area contributed by atoms with Crippen molar-refractivity contribution < 1.29 is 14.0 Å². The summed E-state index contributed by atoms with van der Waals surface area (Å²) < 4.78 is 13.1. The predicted molar refractivity (Wildman–Crippen MR) is 82.9 cm³/mol. The summed E-state index contributed by atoms with van der Waals surface area (Å²) >= 11 is 0. The predicted octanol–water partition coefficient (Wildman–Crippen LogP) is 2.90. The van der Waals surface area contributed by atoms with E-state index in [-0.39, 0.29) is 23.7 Å². The lowest BCUT2D eigenvalue weighted by Crippen LogP contribution is -2.29. The Balaban J connectivity index is 1.71. The van der Waals surface area contributed by atoms with Crippen molar-refractivity contribution in [2.45, 2.75) is 19.0 Å². The van der Waals surface area contributed by atoms with E-state index >= 15 is 0 Å². The van der Waals surface area contributed by atoms with Gasteiger partial charge in [-0.15, -0.1) is 0 Å². The highest BCUT2D eigenvalue weighted by Gasteiger charge is 2.51. The summed E-state index contributed by atoms with van der Waals surface area (Å²) in [6.07, 6.45) is 1.55. The molecule has 4 heteroatoms. The maximum absolute atomic E-state index is 13.1. The highest BCUT2D eigenvalue weighted by Crippen LogP contribution is 2.49. The standard InChI is InChI=1S/C19H16FNO2/c20-14-7-5-12(6-8-14)10-21-18-15-4-2-1-3-13(15)9-16(18)17(11-22)19(21)23/h1-8,11,16-18H,9-10H2. The third-order valence-electron chi connectivity index (χ3n) is 5.01. The van der Waals surface area contributed by atoms with Crippen LogP contribution in [0.4, 0.5) is 4.39 Å². The molecule has 2 aliphatic rings. The van der Waals surface area contributed by atoms with Gasteiger partial charge in [0.2, 0.25) is 5.91 Å². The van der Waals surface area contributed by atoms with E-state index in [2.05, 4.69) is 6.07 Å². The number of hydrogen-bond donors (Lipinski definition) is 0. The average molecular weight is 309 g/mol. The van der Waals surface area contributed by atoms with E-state index in [9.17, 15) is 14.0 Å². The number of carbonyl (C=O) groups is 2. The van der Waals surface area contributed by atoms with Crippen molar-refractivity contribution in [1.82, 2.24) is 4.90 Å². The summed E-state index contributed by atoms with van der Waals surface area (Å²) in [6.45, 7) is 0.402. The molecule has 0 radical (unpaired) electrons. The van der Waals surface area contributed by atoms with Crippen molar-refractivity contribution in [3.05, 3.63) is 71.0 Å². The van der Waals surface area contributed by atoms with Crippen molar-refractivity contribution in [2.75, 3.05) is 0 Å². The number of hydrogen-bond acceptors (Lipinski definition) is 2. The normalized spacial score (nSPS) is 25.3. The summed E-state index contributed by atoms with van der Waals surface area (Å²) in [6, 6.07) is 14.2. The zero-order valence-corrected chi connectivity index (χ0v) is 12.5. The number of benzene rings is 2. The van der Waals surface area contributed by atoms with Crippen molar-refractivity contribution in [3.63, 3.8) is 0 Å². The smallest absolute Gasteiger partial charge is 0.234 e. The van der Waals surface area contributed by atoms with Crippen molar-refractivity contribution in [1.29, 1.82) is 0 Å².